The maximum absolute atomic E-state index is 13.0. The Bertz CT molecular complexity index is 782. The summed E-state index contributed by atoms with van der Waals surface area (Å²) in [5, 5.41) is 0. The number of esters is 1. The number of hydrogen-bond donors (Lipinski definition) is 0. The first-order chi connectivity index (χ1) is 11.3. The minimum Gasteiger partial charge on any atom is -0.466 e. The van der Waals surface area contributed by atoms with Crippen LogP contribution in [0.4, 0.5) is 13.2 Å². The second-order valence-corrected chi connectivity index (χ2v) is 8.53. The van der Waals surface area contributed by atoms with Gasteiger partial charge in [-0.1, -0.05) is 6.07 Å². The Morgan fingerprint density at radius 2 is 1.84 bits per heavy atom. The summed E-state index contributed by atoms with van der Waals surface area (Å²) in [6, 6.07) is 1.69. The van der Waals surface area contributed by atoms with E-state index >= 15 is 0 Å². The fourth-order valence-corrected chi connectivity index (χ4v) is 5.24. The van der Waals surface area contributed by atoms with Crippen LogP contribution >= 0.6 is 0 Å². The lowest BCUT2D eigenvalue weighted by molar-refractivity contribution is -0.144. The van der Waals surface area contributed by atoms with Crippen molar-refractivity contribution >= 4 is 16.0 Å². The molecule has 25 heavy (non-hydrogen) atoms. The standard InChI is InChI=1S/C16H20F3NO4S/c1-5-24-14(21)9-12-11-7-6-10(16(17,18)19)8-13(11)25(22,23)20(12)15(2,3)4/h6-8,12H,5,9H2,1-4H3/t12-/m0/s1. The maximum Gasteiger partial charge on any atom is 0.416 e. The van der Waals surface area contributed by atoms with E-state index in [0.717, 1.165) is 16.4 Å². The van der Waals surface area contributed by atoms with E-state index in [1.54, 1.807) is 27.7 Å². The van der Waals surface area contributed by atoms with Gasteiger partial charge in [-0.25, -0.2) is 8.42 Å². The number of ether oxygens (including phenoxy) is 1. The van der Waals surface area contributed by atoms with E-state index < -0.39 is 44.2 Å². The fraction of sp³-hybridized carbons (Fsp3) is 0.562. The topological polar surface area (TPSA) is 63.7 Å². The van der Waals surface area contributed by atoms with Crippen molar-refractivity contribution in [3.8, 4) is 0 Å². The second-order valence-electron chi connectivity index (χ2n) is 6.75. The van der Waals surface area contributed by atoms with Crippen LogP contribution in [0, 0.1) is 0 Å². The van der Waals surface area contributed by atoms with Gasteiger partial charge in [0.05, 0.1) is 29.5 Å². The molecule has 1 aliphatic heterocycles. The van der Waals surface area contributed by atoms with Crippen molar-refractivity contribution < 1.29 is 31.1 Å². The number of alkyl halides is 3. The van der Waals surface area contributed by atoms with Crippen LogP contribution < -0.4 is 0 Å². The summed E-state index contributed by atoms with van der Waals surface area (Å²) < 4.78 is 70.6. The molecule has 0 bridgehead atoms. The quantitative estimate of drug-likeness (QED) is 0.754. The van der Waals surface area contributed by atoms with Crippen LogP contribution in [0.2, 0.25) is 0 Å². The summed E-state index contributed by atoms with van der Waals surface area (Å²) in [6.07, 6.45) is -4.92. The molecule has 0 saturated heterocycles. The molecule has 1 aromatic carbocycles. The maximum atomic E-state index is 13.0. The van der Waals surface area contributed by atoms with Gasteiger partial charge in [-0.3, -0.25) is 4.79 Å². The SMILES string of the molecule is CCOC(=O)C[C@H]1c2ccc(C(F)(F)F)cc2S(=O)(=O)N1C(C)(C)C. The first-order valence-corrected chi connectivity index (χ1v) is 9.15. The highest BCUT2D eigenvalue weighted by molar-refractivity contribution is 7.89. The van der Waals surface area contributed by atoms with Gasteiger partial charge >= 0.3 is 12.1 Å². The van der Waals surface area contributed by atoms with E-state index in [1.165, 1.54) is 0 Å². The van der Waals surface area contributed by atoms with Crippen molar-refractivity contribution in [3.63, 3.8) is 0 Å². The van der Waals surface area contributed by atoms with Crippen molar-refractivity contribution in [1.82, 2.24) is 4.31 Å². The number of sulfonamides is 1. The average molecular weight is 379 g/mol. The molecular formula is C16H20F3NO4S. The molecule has 1 heterocycles. The van der Waals surface area contributed by atoms with Crippen LogP contribution in [0.3, 0.4) is 0 Å². The van der Waals surface area contributed by atoms with E-state index in [1.807, 2.05) is 0 Å². The fourth-order valence-electron chi connectivity index (χ4n) is 3.01. The van der Waals surface area contributed by atoms with Crippen molar-refractivity contribution in [3.05, 3.63) is 29.3 Å². The highest BCUT2D eigenvalue weighted by Crippen LogP contribution is 2.47. The lowest BCUT2D eigenvalue weighted by Crippen LogP contribution is -2.44. The van der Waals surface area contributed by atoms with Gasteiger partial charge in [-0.05, 0) is 45.4 Å². The van der Waals surface area contributed by atoms with Crippen LogP contribution in [0.5, 0.6) is 0 Å². The van der Waals surface area contributed by atoms with E-state index in [0.29, 0.717) is 6.07 Å². The number of carbonyl (C=O) groups is 1. The minimum atomic E-state index is -4.66. The summed E-state index contributed by atoms with van der Waals surface area (Å²) >= 11 is 0. The predicted molar refractivity (Wildman–Crippen MR) is 84.2 cm³/mol. The molecular weight excluding hydrogens is 359 g/mol. The van der Waals surface area contributed by atoms with Crippen LogP contribution in [-0.2, 0) is 25.7 Å². The molecule has 1 aliphatic rings. The normalized spacial score (nSPS) is 20.4. The van der Waals surface area contributed by atoms with Gasteiger partial charge in [-0.2, -0.15) is 17.5 Å². The van der Waals surface area contributed by atoms with Crippen LogP contribution in [0.25, 0.3) is 0 Å². The van der Waals surface area contributed by atoms with Gasteiger partial charge in [0.15, 0.2) is 0 Å². The van der Waals surface area contributed by atoms with E-state index in [-0.39, 0.29) is 18.6 Å². The molecule has 0 spiro atoms. The molecule has 0 unspecified atom stereocenters. The third-order valence-electron chi connectivity index (χ3n) is 3.85. The number of benzene rings is 1. The third kappa shape index (κ3) is 3.67. The molecule has 0 aliphatic carbocycles. The Morgan fingerprint density at radius 3 is 2.32 bits per heavy atom. The average Bonchev–Trinajstić information content (AvgIpc) is 2.65. The lowest BCUT2D eigenvalue weighted by Gasteiger charge is -2.35. The number of nitrogens with zero attached hydrogens (tertiary/aromatic N) is 1. The molecule has 0 saturated carbocycles. The van der Waals surface area contributed by atoms with Gasteiger partial charge in [-0.15, -0.1) is 0 Å². The molecule has 0 amide bonds. The van der Waals surface area contributed by atoms with Crippen molar-refractivity contribution in [2.75, 3.05) is 6.61 Å². The summed E-state index contributed by atoms with van der Waals surface area (Å²) in [5.41, 5.74) is -1.79. The van der Waals surface area contributed by atoms with E-state index in [4.69, 9.17) is 4.74 Å². The first-order valence-electron chi connectivity index (χ1n) is 7.71. The van der Waals surface area contributed by atoms with Gasteiger partial charge in [0.25, 0.3) is 0 Å². The summed E-state index contributed by atoms with van der Waals surface area (Å²) in [4.78, 5) is 11.5. The Balaban J connectivity index is 2.62. The van der Waals surface area contributed by atoms with Crippen LogP contribution in [0.1, 0.15) is 51.3 Å². The smallest absolute Gasteiger partial charge is 0.416 e. The third-order valence-corrected chi connectivity index (χ3v) is 6.08. The molecule has 2 rings (SSSR count). The Labute approximate surface area is 144 Å². The summed E-state index contributed by atoms with van der Waals surface area (Å²) in [6.45, 7) is 6.62. The molecule has 1 atom stereocenters. The van der Waals surface area contributed by atoms with Gasteiger partial charge in [0, 0.05) is 5.54 Å². The number of carbonyl (C=O) groups excluding carboxylic acids is 1. The van der Waals surface area contributed by atoms with Crippen LogP contribution in [0.15, 0.2) is 23.1 Å². The molecule has 9 heteroatoms. The van der Waals surface area contributed by atoms with E-state index in [9.17, 15) is 26.4 Å². The molecule has 5 nitrogen and oxygen atoms in total. The lowest BCUT2D eigenvalue weighted by atomic mass is 9.98. The largest absolute Gasteiger partial charge is 0.466 e. The first kappa shape index (κ1) is 19.7. The van der Waals surface area contributed by atoms with Crippen molar-refractivity contribution in [2.45, 2.75) is 56.8 Å². The van der Waals surface area contributed by atoms with Gasteiger partial charge in [0.1, 0.15) is 0 Å². The zero-order valence-corrected chi connectivity index (χ0v) is 15.2. The number of hydrogen-bond acceptors (Lipinski definition) is 4. The molecule has 140 valence electrons. The molecule has 0 aromatic heterocycles. The Kier molecular flexibility index (Phi) is 4.95. The zero-order valence-electron chi connectivity index (χ0n) is 14.3. The number of rotatable bonds is 3. The minimum absolute atomic E-state index is 0.133. The molecule has 0 radical (unpaired) electrons. The Morgan fingerprint density at radius 1 is 1.24 bits per heavy atom. The van der Waals surface area contributed by atoms with Crippen LogP contribution in [-0.4, -0.2) is 30.8 Å². The van der Waals surface area contributed by atoms with Gasteiger partial charge < -0.3 is 4.74 Å². The summed E-state index contributed by atoms with van der Waals surface area (Å²) in [5.74, 6) is -0.607. The zero-order chi connectivity index (χ0) is 19.2. The van der Waals surface area contributed by atoms with Crippen molar-refractivity contribution in [2.24, 2.45) is 0 Å². The van der Waals surface area contributed by atoms with Crippen molar-refractivity contribution in [1.29, 1.82) is 0 Å². The highest BCUT2D eigenvalue weighted by Gasteiger charge is 2.49. The number of fused-ring (bicyclic) bond motifs is 1. The Hall–Kier alpha value is -1.61. The monoisotopic (exact) mass is 379 g/mol. The molecule has 0 N–H and O–H groups in total. The van der Waals surface area contributed by atoms with E-state index in [2.05, 4.69) is 0 Å². The molecule has 0 fully saturated rings. The summed E-state index contributed by atoms with van der Waals surface area (Å²) in [7, 11) is -4.17. The number of halogens is 3. The highest BCUT2D eigenvalue weighted by atomic mass is 32.2. The molecule has 1 aromatic rings. The van der Waals surface area contributed by atoms with Gasteiger partial charge in [0.2, 0.25) is 10.0 Å². The predicted octanol–water partition coefficient (Wildman–Crippen LogP) is 3.50. The second kappa shape index (κ2) is 6.28.